The smallest absolute Gasteiger partial charge is 0.354 e. The van der Waals surface area contributed by atoms with E-state index in [9.17, 15) is 4.79 Å². The summed E-state index contributed by atoms with van der Waals surface area (Å²) in [4.78, 5) is 21.2. The Hall–Kier alpha value is -2.40. The molecule has 3 rings (SSSR count). The Morgan fingerprint density at radius 3 is 2.81 bits per heavy atom. The number of carboxylic acids is 1. The number of rotatable bonds is 3. The molecule has 0 fully saturated rings. The Morgan fingerprint density at radius 2 is 2.00 bits per heavy atom. The quantitative estimate of drug-likeness (QED) is 0.796. The number of aromatic nitrogens is 2. The van der Waals surface area contributed by atoms with Gasteiger partial charge in [-0.05, 0) is 31.2 Å². The number of nitrogens with zero attached hydrogens (tertiary/aromatic N) is 2. The number of fused-ring (bicyclic) bond motifs is 1. The lowest BCUT2D eigenvalue weighted by Crippen LogP contribution is -1.99. The number of aromatic carboxylic acids is 1. The largest absolute Gasteiger partial charge is 0.477 e. The first-order chi connectivity index (χ1) is 10.1. The third kappa shape index (κ3) is 2.87. The van der Waals surface area contributed by atoms with E-state index < -0.39 is 5.97 Å². The molecule has 21 heavy (non-hydrogen) atoms. The fourth-order valence-corrected chi connectivity index (χ4v) is 3.14. The summed E-state index contributed by atoms with van der Waals surface area (Å²) in [5.41, 5.74) is 1.92. The molecule has 0 aliphatic carbocycles. The number of hydrogen-bond donors (Lipinski definition) is 1. The van der Waals surface area contributed by atoms with Crippen molar-refractivity contribution in [2.75, 3.05) is 0 Å². The Morgan fingerprint density at radius 1 is 1.19 bits per heavy atom. The van der Waals surface area contributed by atoms with Crippen molar-refractivity contribution >= 4 is 28.6 Å². The topological polar surface area (TPSA) is 63.1 Å². The molecule has 1 aromatic carbocycles. The van der Waals surface area contributed by atoms with Gasteiger partial charge < -0.3 is 5.11 Å². The molecule has 104 valence electrons. The fourth-order valence-electron chi connectivity index (χ4n) is 2.07. The van der Waals surface area contributed by atoms with E-state index in [1.165, 1.54) is 18.0 Å². The molecule has 0 amide bonds. The number of carboxylic acid groups (broad SMARTS) is 1. The van der Waals surface area contributed by atoms with Gasteiger partial charge in [0.1, 0.15) is 5.69 Å². The highest BCUT2D eigenvalue weighted by molar-refractivity contribution is 7.99. The van der Waals surface area contributed by atoms with Crippen LogP contribution >= 0.6 is 11.8 Å². The predicted octanol–water partition coefficient (Wildman–Crippen LogP) is 3.79. The van der Waals surface area contributed by atoms with Crippen LogP contribution in [0.15, 0.2) is 58.5 Å². The molecule has 0 bridgehead atoms. The van der Waals surface area contributed by atoms with Gasteiger partial charge in [0.25, 0.3) is 0 Å². The van der Waals surface area contributed by atoms with Crippen molar-refractivity contribution in [3.63, 3.8) is 0 Å². The molecule has 2 heterocycles. The van der Waals surface area contributed by atoms with Crippen molar-refractivity contribution in [2.24, 2.45) is 0 Å². The number of carbonyl (C=O) groups is 1. The zero-order valence-corrected chi connectivity index (χ0v) is 12.1. The molecule has 0 saturated carbocycles. The van der Waals surface area contributed by atoms with Gasteiger partial charge in [0.2, 0.25) is 0 Å². The highest BCUT2D eigenvalue weighted by atomic mass is 32.2. The molecule has 0 spiro atoms. The summed E-state index contributed by atoms with van der Waals surface area (Å²) >= 11 is 1.52. The summed E-state index contributed by atoms with van der Waals surface area (Å²) in [6, 6.07) is 13.3. The average Bonchev–Trinajstić information content (AvgIpc) is 2.47. The number of hydrogen-bond acceptors (Lipinski definition) is 4. The van der Waals surface area contributed by atoms with Gasteiger partial charge in [-0.3, -0.25) is 4.98 Å². The van der Waals surface area contributed by atoms with Gasteiger partial charge in [-0.25, -0.2) is 9.78 Å². The Bertz CT molecular complexity index is 833. The molecule has 0 aliphatic rings. The van der Waals surface area contributed by atoms with Gasteiger partial charge in [0.15, 0.2) is 0 Å². The van der Waals surface area contributed by atoms with Crippen LogP contribution in [0.25, 0.3) is 10.9 Å². The summed E-state index contributed by atoms with van der Waals surface area (Å²) in [5.74, 6) is -1.02. The van der Waals surface area contributed by atoms with E-state index in [1.807, 2.05) is 43.3 Å². The minimum absolute atomic E-state index is 0.0510. The summed E-state index contributed by atoms with van der Waals surface area (Å²) in [7, 11) is 0. The van der Waals surface area contributed by atoms with Crippen molar-refractivity contribution in [1.82, 2.24) is 9.97 Å². The predicted molar refractivity (Wildman–Crippen MR) is 81.8 cm³/mol. The zero-order valence-electron chi connectivity index (χ0n) is 11.3. The molecule has 0 radical (unpaired) electrons. The minimum atomic E-state index is -1.02. The van der Waals surface area contributed by atoms with Gasteiger partial charge >= 0.3 is 5.97 Å². The molecule has 0 unspecified atom stereocenters. The molecule has 0 saturated heterocycles. The molecule has 1 N–H and O–H groups in total. The molecule has 2 aromatic heterocycles. The van der Waals surface area contributed by atoms with E-state index in [-0.39, 0.29) is 5.69 Å². The molecular weight excluding hydrogens is 284 g/mol. The van der Waals surface area contributed by atoms with Crippen LogP contribution in [0.3, 0.4) is 0 Å². The molecule has 4 nitrogen and oxygen atoms in total. The standard InChI is InChI=1S/C16H12N2O2S/c1-10-8-15(12-4-2-3-5-13(12)18-10)21-11-6-7-17-14(9-11)16(19)20/h2-9H,1H3,(H,19,20). The molecule has 0 atom stereocenters. The second-order valence-electron chi connectivity index (χ2n) is 4.56. The number of aryl methyl sites for hydroxylation is 1. The maximum Gasteiger partial charge on any atom is 0.354 e. The highest BCUT2D eigenvalue weighted by Gasteiger charge is 2.09. The molecule has 3 aromatic rings. The average molecular weight is 296 g/mol. The molecule has 0 aliphatic heterocycles. The number of para-hydroxylation sites is 1. The number of pyridine rings is 2. The summed E-state index contributed by atoms with van der Waals surface area (Å²) in [5, 5.41) is 10.1. The Balaban J connectivity index is 2.05. The van der Waals surface area contributed by atoms with Gasteiger partial charge in [-0.1, -0.05) is 30.0 Å². The monoisotopic (exact) mass is 296 g/mol. The van der Waals surface area contributed by atoms with Crippen molar-refractivity contribution < 1.29 is 9.90 Å². The second-order valence-corrected chi connectivity index (χ2v) is 5.68. The van der Waals surface area contributed by atoms with E-state index in [4.69, 9.17) is 5.11 Å². The lowest BCUT2D eigenvalue weighted by Gasteiger charge is -2.07. The van der Waals surface area contributed by atoms with Crippen LogP contribution in [-0.2, 0) is 0 Å². The van der Waals surface area contributed by atoms with Crippen LogP contribution in [-0.4, -0.2) is 21.0 Å². The maximum absolute atomic E-state index is 11.0. The highest BCUT2D eigenvalue weighted by Crippen LogP contribution is 2.33. The van der Waals surface area contributed by atoms with Crippen LogP contribution in [0.1, 0.15) is 16.2 Å². The second kappa shape index (κ2) is 5.54. The van der Waals surface area contributed by atoms with Crippen LogP contribution in [0.4, 0.5) is 0 Å². The van der Waals surface area contributed by atoms with Crippen LogP contribution in [0.2, 0.25) is 0 Å². The third-order valence-corrected chi connectivity index (χ3v) is 4.03. The van der Waals surface area contributed by atoms with E-state index in [2.05, 4.69) is 9.97 Å². The molecule has 5 heteroatoms. The van der Waals surface area contributed by atoms with E-state index in [0.29, 0.717) is 0 Å². The van der Waals surface area contributed by atoms with Crippen molar-refractivity contribution in [3.8, 4) is 0 Å². The van der Waals surface area contributed by atoms with Crippen molar-refractivity contribution in [2.45, 2.75) is 16.7 Å². The summed E-state index contributed by atoms with van der Waals surface area (Å²) in [6.07, 6.45) is 1.52. The lowest BCUT2D eigenvalue weighted by atomic mass is 10.2. The lowest BCUT2D eigenvalue weighted by molar-refractivity contribution is 0.0690. The number of benzene rings is 1. The van der Waals surface area contributed by atoms with E-state index >= 15 is 0 Å². The van der Waals surface area contributed by atoms with Gasteiger partial charge in [0, 0.05) is 27.1 Å². The van der Waals surface area contributed by atoms with Crippen molar-refractivity contribution in [1.29, 1.82) is 0 Å². The summed E-state index contributed by atoms with van der Waals surface area (Å²) in [6.45, 7) is 1.95. The minimum Gasteiger partial charge on any atom is -0.477 e. The van der Waals surface area contributed by atoms with E-state index in [1.54, 1.807) is 6.07 Å². The normalized spacial score (nSPS) is 10.7. The first-order valence-electron chi connectivity index (χ1n) is 6.37. The summed E-state index contributed by atoms with van der Waals surface area (Å²) < 4.78 is 0. The SMILES string of the molecule is Cc1cc(Sc2ccnc(C(=O)O)c2)c2ccccc2n1. The Kier molecular flexibility index (Phi) is 3.58. The van der Waals surface area contributed by atoms with Crippen LogP contribution < -0.4 is 0 Å². The van der Waals surface area contributed by atoms with Crippen molar-refractivity contribution in [3.05, 3.63) is 60.0 Å². The van der Waals surface area contributed by atoms with Gasteiger partial charge in [-0.2, -0.15) is 0 Å². The fraction of sp³-hybridized carbons (Fsp3) is 0.0625. The van der Waals surface area contributed by atoms with Crippen LogP contribution in [0, 0.1) is 6.92 Å². The Labute approximate surface area is 125 Å². The first-order valence-corrected chi connectivity index (χ1v) is 7.19. The zero-order chi connectivity index (χ0) is 14.8. The third-order valence-electron chi connectivity index (χ3n) is 2.98. The maximum atomic E-state index is 11.0. The van der Waals surface area contributed by atoms with Gasteiger partial charge in [-0.15, -0.1) is 0 Å². The molecular formula is C16H12N2O2S. The van der Waals surface area contributed by atoms with E-state index in [0.717, 1.165) is 26.4 Å². The van der Waals surface area contributed by atoms with Gasteiger partial charge in [0.05, 0.1) is 5.52 Å². The van der Waals surface area contributed by atoms with Crippen LogP contribution in [0.5, 0.6) is 0 Å². The first kappa shape index (κ1) is 13.6.